The van der Waals surface area contributed by atoms with E-state index in [9.17, 15) is 4.79 Å². The van der Waals surface area contributed by atoms with Crippen molar-refractivity contribution in [3.05, 3.63) is 47.5 Å². The van der Waals surface area contributed by atoms with Crippen LogP contribution in [0, 0.1) is 0 Å². The van der Waals surface area contributed by atoms with E-state index in [0.717, 1.165) is 21.9 Å². The predicted octanol–water partition coefficient (Wildman–Crippen LogP) is 3.21. The van der Waals surface area contributed by atoms with E-state index < -0.39 is 5.97 Å². The normalized spacial score (nSPS) is 10.6. The van der Waals surface area contributed by atoms with Crippen LogP contribution >= 0.6 is 11.6 Å². The second-order valence-corrected chi connectivity index (χ2v) is 3.90. The molecule has 0 saturated heterocycles. The van der Waals surface area contributed by atoms with Gasteiger partial charge in [0.1, 0.15) is 0 Å². The number of carboxylic acids is 1. The highest BCUT2D eigenvalue weighted by Crippen LogP contribution is 2.24. The van der Waals surface area contributed by atoms with Crippen LogP contribution in [0.1, 0.15) is 11.1 Å². The van der Waals surface area contributed by atoms with Crippen molar-refractivity contribution in [1.82, 2.24) is 0 Å². The van der Waals surface area contributed by atoms with Crippen LogP contribution in [0.3, 0.4) is 0 Å². The van der Waals surface area contributed by atoms with E-state index in [-0.39, 0.29) is 6.42 Å². The predicted molar refractivity (Wildman–Crippen MR) is 64.8 cm³/mol. The molecule has 0 amide bonds. The van der Waals surface area contributed by atoms with Gasteiger partial charge in [-0.15, -0.1) is 11.6 Å². The second-order valence-electron chi connectivity index (χ2n) is 3.63. The number of rotatable bonds is 3. The molecule has 0 aliphatic heterocycles. The van der Waals surface area contributed by atoms with E-state index in [1.54, 1.807) is 0 Å². The van der Waals surface area contributed by atoms with Crippen molar-refractivity contribution in [1.29, 1.82) is 0 Å². The van der Waals surface area contributed by atoms with Gasteiger partial charge in [0, 0.05) is 5.88 Å². The average molecular weight is 235 g/mol. The van der Waals surface area contributed by atoms with Crippen molar-refractivity contribution in [3.8, 4) is 0 Å². The smallest absolute Gasteiger partial charge is 0.307 e. The van der Waals surface area contributed by atoms with Crippen LogP contribution < -0.4 is 0 Å². The summed E-state index contributed by atoms with van der Waals surface area (Å²) in [5, 5.41) is 10.8. The van der Waals surface area contributed by atoms with Gasteiger partial charge >= 0.3 is 5.97 Å². The number of carbonyl (C=O) groups is 1. The maximum Gasteiger partial charge on any atom is 0.307 e. The SMILES string of the molecule is O=C(O)Cc1ccc(CCl)c2ccccc12. The Morgan fingerprint density at radius 1 is 1.06 bits per heavy atom. The van der Waals surface area contributed by atoms with Crippen molar-refractivity contribution in [2.24, 2.45) is 0 Å². The van der Waals surface area contributed by atoms with Crippen molar-refractivity contribution in [2.75, 3.05) is 0 Å². The zero-order chi connectivity index (χ0) is 11.5. The van der Waals surface area contributed by atoms with Crippen molar-refractivity contribution < 1.29 is 9.90 Å². The van der Waals surface area contributed by atoms with Crippen LogP contribution in [0.5, 0.6) is 0 Å². The third-order valence-corrected chi connectivity index (χ3v) is 2.88. The highest BCUT2D eigenvalue weighted by atomic mass is 35.5. The summed E-state index contributed by atoms with van der Waals surface area (Å²) in [4.78, 5) is 10.7. The highest BCUT2D eigenvalue weighted by molar-refractivity contribution is 6.18. The molecule has 2 aromatic carbocycles. The fraction of sp³-hybridized carbons (Fsp3) is 0.154. The molecule has 0 atom stereocenters. The molecule has 82 valence electrons. The summed E-state index contributed by atoms with van der Waals surface area (Å²) in [7, 11) is 0. The number of halogens is 1. The Kier molecular flexibility index (Phi) is 3.11. The van der Waals surface area contributed by atoms with Gasteiger partial charge in [0.25, 0.3) is 0 Å². The van der Waals surface area contributed by atoms with E-state index in [2.05, 4.69) is 0 Å². The van der Waals surface area contributed by atoms with Crippen LogP contribution in [-0.2, 0) is 17.1 Å². The third-order valence-electron chi connectivity index (χ3n) is 2.59. The number of alkyl halides is 1. The Hall–Kier alpha value is -1.54. The van der Waals surface area contributed by atoms with Crippen LogP contribution in [0.2, 0.25) is 0 Å². The average Bonchev–Trinajstić information content (AvgIpc) is 2.29. The molecular weight excluding hydrogens is 224 g/mol. The summed E-state index contributed by atoms with van der Waals surface area (Å²) in [6.07, 6.45) is 0.0447. The second kappa shape index (κ2) is 4.54. The molecule has 0 fully saturated rings. The molecule has 0 unspecified atom stereocenters. The number of carboxylic acid groups (broad SMARTS) is 1. The molecule has 0 radical (unpaired) electrons. The minimum Gasteiger partial charge on any atom is -0.481 e. The standard InChI is InChI=1S/C13H11ClO2/c14-8-10-6-5-9(7-13(15)16)11-3-1-2-4-12(10)11/h1-6H,7-8H2,(H,15,16). The summed E-state index contributed by atoms with van der Waals surface area (Å²) < 4.78 is 0. The number of aliphatic carboxylic acids is 1. The first-order valence-electron chi connectivity index (χ1n) is 4.99. The van der Waals surface area contributed by atoms with Gasteiger partial charge in [-0.3, -0.25) is 4.79 Å². The molecule has 1 N–H and O–H groups in total. The molecule has 2 rings (SSSR count). The van der Waals surface area contributed by atoms with Crippen LogP contribution in [0.4, 0.5) is 0 Å². The molecule has 2 nitrogen and oxygen atoms in total. The lowest BCUT2D eigenvalue weighted by Gasteiger charge is -2.07. The van der Waals surface area contributed by atoms with E-state index in [0.29, 0.717) is 5.88 Å². The topological polar surface area (TPSA) is 37.3 Å². The van der Waals surface area contributed by atoms with Gasteiger partial charge in [-0.05, 0) is 21.9 Å². The zero-order valence-electron chi connectivity index (χ0n) is 8.61. The first-order chi connectivity index (χ1) is 7.72. The molecule has 0 aliphatic rings. The Labute approximate surface area is 98.5 Å². The molecule has 16 heavy (non-hydrogen) atoms. The van der Waals surface area contributed by atoms with E-state index in [1.165, 1.54) is 0 Å². The molecule has 0 heterocycles. The fourth-order valence-corrected chi connectivity index (χ4v) is 2.09. The Morgan fingerprint density at radius 3 is 2.19 bits per heavy atom. The summed E-state index contributed by atoms with van der Waals surface area (Å²) in [6, 6.07) is 11.5. The molecular formula is C13H11ClO2. The Bertz CT molecular complexity index is 534. The monoisotopic (exact) mass is 234 g/mol. The Morgan fingerprint density at radius 2 is 1.62 bits per heavy atom. The largest absolute Gasteiger partial charge is 0.481 e. The molecule has 0 bridgehead atoms. The molecule has 3 heteroatoms. The minimum absolute atomic E-state index is 0.0447. The lowest BCUT2D eigenvalue weighted by Crippen LogP contribution is -2.01. The lowest BCUT2D eigenvalue weighted by molar-refractivity contribution is -0.136. The van der Waals surface area contributed by atoms with Crippen LogP contribution in [0.15, 0.2) is 36.4 Å². The zero-order valence-corrected chi connectivity index (χ0v) is 9.37. The molecule has 0 saturated carbocycles. The van der Waals surface area contributed by atoms with E-state index in [1.807, 2.05) is 36.4 Å². The minimum atomic E-state index is -0.816. The maximum absolute atomic E-state index is 10.7. The van der Waals surface area contributed by atoms with Gasteiger partial charge in [0.05, 0.1) is 6.42 Å². The van der Waals surface area contributed by atoms with Gasteiger partial charge in [-0.2, -0.15) is 0 Å². The van der Waals surface area contributed by atoms with E-state index >= 15 is 0 Å². The number of fused-ring (bicyclic) bond motifs is 1. The van der Waals surface area contributed by atoms with Crippen molar-refractivity contribution >= 4 is 28.3 Å². The van der Waals surface area contributed by atoms with Gasteiger partial charge in [0.15, 0.2) is 0 Å². The van der Waals surface area contributed by atoms with Gasteiger partial charge in [-0.1, -0.05) is 36.4 Å². The molecule has 0 aromatic heterocycles. The number of benzene rings is 2. The summed E-state index contributed by atoms with van der Waals surface area (Å²) in [6.45, 7) is 0. The van der Waals surface area contributed by atoms with Gasteiger partial charge in [-0.25, -0.2) is 0 Å². The number of hydrogen-bond acceptors (Lipinski definition) is 1. The first-order valence-corrected chi connectivity index (χ1v) is 5.53. The molecule has 0 spiro atoms. The third kappa shape index (κ3) is 2.02. The first kappa shape index (κ1) is 11.0. The van der Waals surface area contributed by atoms with Crippen molar-refractivity contribution in [3.63, 3.8) is 0 Å². The quantitative estimate of drug-likeness (QED) is 0.828. The maximum atomic E-state index is 10.7. The summed E-state index contributed by atoms with van der Waals surface area (Å²) in [5.41, 5.74) is 1.86. The fourth-order valence-electron chi connectivity index (χ4n) is 1.86. The van der Waals surface area contributed by atoms with E-state index in [4.69, 9.17) is 16.7 Å². The van der Waals surface area contributed by atoms with Gasteiger partial charge in [0.2, 0.25) is 0 Å². The van der Waals surface area contributed by atoms with Crippen LogP contribution in [-0.4, -0.2) is 11.1 Å². The van der Waals surface area contributed by atoms with Crippen LogP contribution in [0.25, 0.3) is 10.8 Å². The summed E-state index contributed by atoms with van der Waals surface area (Å²) in [5.74, 6) is -0.378. The van der Waals surface area contributed by atoms with Gasteiger partial charge < -0.3 is 5.11 Å². The molecule has 2 aromatic rings. The van der Waals surface area contributed by atoms with Crippen molar-refractivity contribution in [2.45, 2.75) is 12.3 Å². The Balaban J connectivity index is 2.64. The number of hydrogen-bond donors (Lipinski definition) is 1. The highest BCUT2D eigenvalue weighted by Gasteiger charge is 2.07. The molecule has 0 aliphatic carbocycles. The lowest BCUT2D eigenvalue weighted by atomic mass is 9.98. The summed E-state index contributed by atoms with van der Waals surface area (Å²) >= 11 is 5.85.